The van der Waals surface area contributed by atoms with Crippen LogP contribution in [0, 0.1) is 0 Å². The summed E-state index contributed by atoms with van der Waals surface area (Å²) in [5, 5.41) is 17.7. The van der Waals surface area contributed by atoms with Crippen LogP contribution < -0.4 is 11.1 Å². The van der Waals surface area contributed by atoms with Crippen LogP contribution in [-0.2, 0) is 23.8 Å². The fourth-order valence-electron chi connectivity index (χ4n) is 3.84. The first-order valence-electron chi connectivity index (χ1n) is 10.2. The molecule has 1 atom stereocenters. The maximum absolute atomic E-state index is 13.5. The smallest absolute Gasteiger partial charge is 0.383 e. The number of nitrogen functional groups attached to an aromatic ring is 1. The van der Waals surface area contributed by atoms with E-state index in [0.29, 0.717) is 0 Å². The van der Waals surface area contributed by atoms with Crippen molar-refractivity contribution >= 4 is 28.6 Å². The summed E-state index contributed by atoms with van der Waals surface area (Å²) < 4.78 is 67.4. The Morgan fingerprint density at radius 2 is 1.89 bits per heavy atom. The number of tetrazole rings is 1. The number of carbonyl (C=O) groups excluding carboxylic acids is 1. The highest BCUT2D eigenvalue weighted by molar-refractivity contribution is 6.06. The van der Waals surface area contributed by atoms with Crippen molar-refractivity contribution in [1.82, 2.24) is 49.9 Å². The minimum atomic E-state index is -5.71. The van der Waals surface area contributed by atoms with Crippen LogP contribution in [0.5, 0.6) is 0 Å². The number of alkyl halides is 5. The van der Waals surface area contributed by atoms with Crippen LogP contribution in [0.3, 0.4) is 0 Å². The summed E-state index contributed by atoms with van der Waals surface area (Å²) in [6.07, 6.45) is -5.50. The number of fused-ring (bicyclic) bond motifs is 2. The molecule has 4 aromatic heterocycles. The summed E-state index contributed by atoms with van der Waals surface area (Å²) in [7, 11) is 1.50. The third-order valence-electron chi connectivity index (χ3n) is 5.83. The summed E-state index contributed by atoms with van der Waals surface area (Å²) >= 11 is 0. The van der Waals surface area contributed by atoms with Crippen LogP contribution in [0.15, 0.2) is 12.5 Å². The average Bonchev–Trinajstić information content (AvgIpc) is 3.51. The van der Waals surface area contributed by atoms with Gasteiger partial charge >= 0.3 is 12.1 Å². The number of halogens is 5. The Kier molecular flexibility index (Phi) is 4.91. The van der Waals surface area contributed by atoms with Gasteiger partial charge in [0.1, 0.15) is 29.5 Å². The highest BCUT2D eigenvalue weighted by Crippen LogP contribution is 2.42. The first-order valence-corrected chi connectivity index (χ1v) is 10.2. The molecule has 0 bridgehead atoms. The van der Waals surface area contributed by atoms with Gasteiger partial charge in [-0.1, -0.05) is 0 Å². The molecule has 188 valence electrons. The Labute approximate surface area is 196 Å². The van der Waals surface area contributed by atoms with E-state index in [1.807, 2.05) is 0 Å². The molecule has 13 nitrogen and oxygen atoms in total. The van der Waals surface area contributed by atoms with Crippen LogP contribution in [0.1, 0.15) is 24.7 Å². The van der Waals surface area contributed by atoms with Gasteiger partial charge in [-0.25, -0.2) is 24.6 Å². The monoisotopic (exact) mass is 510 g/mol. The fourth-order valence-corrected chi connectivity index (χ4v) is 3.84. The van der Waals surface area contributed by atoms with Crippen molar-refractivity contribution in [2.24, 2.45) is 7.05 Å². The van der Waals surface area contributed by atoms with Crippen molar-refractivity contribution in [3.8, 4) is 11.5 Å². The molecule has 5 rings (SSSR count). The lowest BCUT2D eigenvalue weighted by atomic mass is 9.95. The van der Waals surface area contributed by atoms with Gasteiger partial charge in [0.25, 0.3) is 5.91 Å². The first-order chi connectivity index (χ1) is 16.8. The molecule has 0 aromatic carbocycles. The van der Waals surface area contributed by atoms with Gasteiger partial charge in [0.05, 0.1) is 17.1 Å². The number of carbonyl (C=O) groups is 1. The third kappa shape index (κ3) is 3.39. The number of nitrogens with one attached hydrogen (secondary N) is 1. The van der Waals surface area contributed by atoms with E-state index >= 15 is 0 Å². The van der Waals surface area contributed by atoms with Gasteiger partial charge in [0.15, 0.2) is 17.0 Å². The van der Waals surface area contributed by atoms with Gasteiger partial charge in [-0.15, -0.1) is 5.10 Å². The zero-order chi connectivity index (χ0) is 26.0. The van der Waals surface area contributed by atoms with E-state index in [1.54, 1.807) is 0 Å². The maximum atomic E-state index is 13.5. The number of nitrogens with two attached hydrogens (primary N) is 1. The predicted octanol–water partition coefficient (Wildman–Crippen LogP) is 1.23. The number of anilines is 2. The lowest BCUT2D eigenvalue weighted by Gasteiger charge is -2.21. The summed E-state index contributed by atoms with van der Waals surface area (Å²) in [6, 6.07) is 0. The molecule has 0 aliphatic carbocycles. The van der Waals surface area contributed by atoms with Crippen LogP contribution >= 0.6 is 0 Å². The Morgan fingerprint density at radius 3 is 2.56 bits per heavy atom. The number of hydrogen-bond acceptors (Lipinski definition) is 10. The molecule has 1 aliphatic rings. The summed E-state index contributed by atoms with van der Waals surface area (Å²) in [4.78, 5) is 29.6. The van der Waals surface area contributed by atoms with E-state index < -0.39 is 36.4 Å². The SMILES string of the molecule is Cn1ncc2c(-c3nc(N)c4c(n3)NC(=O)C4(C)n3cnnn3)nc(CCC(F)(F)C(F)(F)F)nc21. The van der Waals surface area contributed by atoms with Crippen LogP contribution in [-0.4, -0.2) is 67.9 Å². The van der Waals surface area contributed by atoms with Crippen molar-refractivity contribution in [3.63, 3.8) is 0 Å². The third-order valence-corrected chi connectivity index (χ3v) is 5.83. The number of hydrogen-bond donors (Lipinski definition) is 2. The highest BCUT2D eigenvalue weighted by atomic mass is 19.4. The topological polar surface area (TPSA) is 168 Å². The number of aryl methyl sites for hydroxylation is 2. The molecule has 0 spiro atoms. The number of aromatic nitrogens is 10. The van der Waals surface area contributed by atoms with Gasteiger partial charge in [0.2, 0.25) is 0 Å². The lowest BCUT2D eigenvalue weighted by Crippen LogP contribution is -2.39. The van der Waals surface area contributed by atoms with Crippen molar-refractivity contribution in [1.29, 1.82) is 0 Å². The van der Waals surface area contributed by atoms with Crippen molar-refractivity contribution in [2.45, 2.75) is 37.4 Å². The minimum absolute atomic E-state index is 0.0156. The van der Waals surface area contributed by atoms with Gasteiger partial charge in [-0.2, -0.15) is 27.1 Å². The van der Waals surface area contributed by atoms with E-state index in [4.69, 9.17) is 5.73 Å². The molecule has 0 saturated carbocycles. The Hall–Kier alpha value is -4.38. The second kappa shape index (κ2) is 7.56. The fraction of sp³-hybridized carbons (Fsp3) is 0.389. The second-order valence-corrected chi connectivity index (χ2v) is 8.13. The van der Waals surface area contributed by atoms with Crippen LogP contribution in [0.2, 0.25) is 0 Å². The summed E-state index contributed by atoms with van der Waals surface area (Å²) in [5.41, 5.74) is 5.04. The molecule has 0 fully saturated rings. The Balaban J connectivity index is 1.61. The van der Waals surface area contributed by atoms with E-state index in [0.717, 1.165) is 0 Å². The lowest BCUT2D eigenvalue weighted by molar-refractivity contribution is -0.284. The largest absolute Gasteiger partial charge is 0.453 e. The Morgan fingerprint density at radius 1 is 1.14 bits per heavy atom. The molecule has 1 unspecified atom stereocenters. The second-order valence-electron chi connectivity index (χ2n) is 8.13. The Bertz CT molecular complexity index is 1500. The van der Waals surface area contributed by atoms with Gasteiger partial charge < -0.3 is 11.1 Å². The molecule has 5 heterocycles. The summed E-state index contributed by atoms with van der Waals surface area (Å²) in [5.74, 6) is -6.02. The standard InChI is InChI=1S/C18H15F5N12O/c1-16(35-6-25-32-33-35)9-11(24)29-13(30-12(9)31-15(16)36)10-7-5-26-34(2)14(7)28-8(27-10)3-4-17(19,20)18(21,22)23/h5-6H,3-4H2,1-2H3,(H3,24,29,30,31,36). The van der Waals surface area contributed by atoms with E-state index in [2.05, 4.69) is 45.9 Å². The summed E-state index contributed by atoms with van der Waals surface area (Å²) in [6.45, 7) is 1.51. The number of rotatable bonds is 5. The zero-order valence-electron chi connectivity index (χ0n) is 18.4. The van der Waals surface area contributed by atoms with Crippen molar-refractivity contribution in [3.05, 3.63) is 23.9 Å². The molecular formula is C18H15F5N12O. The normalized spacial score (nSPS) is 18.0. The maximum Gasteiger partial charge on any atom is 0.453 e. The molecular weight excluding hydrogens is 495 g/mol. The minimum Gasteiger partial charge on any atom is -0.383 e. The van der Waals surface area contributed by atoms with Crippen LogP contribution in [0.4, 0.5) is 33.6 Å². The van der Waals surface area contributed by atoms with Gasteiger partial charge in [-0.3, -0.25) is 9.48 Å². The van der Waals surface area contributed by atoms with Gasteiger partial charge in [-0.05, 0) is 17.4 Å². The molecule has 18 heteroatoms. The van der Waals surface area contributed by atoms with Crippen molar-refractivity contribution in [2.75, 3.05) is 11.1 Å². The highest BCUT2D eigenvalue weighted by Gasteiger charge is 2.56. The molecule has 36 heavy (non-hydrogen) atoms. The van der Waals surface area contributed by atoms with E-state index in [9.17, 15) is 26.7 Å². The molecule has 0 radical (unpaired) electrons. The number of nitrogens with zero attached hydrogens (tertiary/aromatic N) is 10. The number of amides is 1. The van der Waals surface area contributed by atoms with Crippen LogP contribution in [0.25, 0.3) is 22.6 Å². The van der Waals surface area contributed by atoms with E-state index in [-0.39, 0.29) is 45.6 Å². The first kappa shape index (κ1) is 23.4. The molecule has 1 amide bonds. The average molecular weight is 510 g/mol. The predicted molar refractivity (Wildman–Crippen MR) is 110 cm³/mol. The van der Waals surface area contributed by atoms with Gasteiger partial charge in [0, 0.05) is 19.9 Å². The quantitative estimate of drug-likeness (QED) is 0.373. The molecule has 0 saturated heterocycles. The zero-order valence-corrected chi connectivity index (χ0v) is 18.4. The molecule has 4 aromatic rings. The molecule has 3 N–H and O–H groups in total. The molecule has 1 aliphatic heterocycles. The van der Waals surface area contributed by atoms with E-state index in [1.165, 1.54) is 35.9 Å². The van der Waals surface area contributed by atoms with Crippen molar-refractivity contribution < 1.29 is 26.7 Å².